The lowest BCUT2D eigenvalue weighted by Gasteiger charge is -2.31. The number of aliphatic hydroxyl groups excluding tert-OH is 1. The highest BCUT2D eigenvalue weighted by molar-refractivity contribution is 6.00. The molecule has 1 aliphatic heterocycles. The number of pyridine rings is 2. The number of nitrogens with one attached hydrogen (secondary N) is 2. The molecule has 3 aliphatic rings. The number of carbonyl (C=O) groups excluding carboxylic acids is 2. The van der Waals surface area contributed by atoms with E-state index in [0.717, 1.165) is 122 Å². The SMILES string of the molecule is CN1CCN(CCC#Cc2ccc(CO[C@H]3CCC[C@@H]3NC(=O)c3cc(-c4cnn(C)c4)cnc3N)cc2)CC1.Cn1cc(-c2cnc(N)c(C(=O)N[C@H]3CCC[C@@H]3OCc3ccc(C#CCCO)cc3)c2)cn1. The number of benzene rings is 2. The molecule has 2 aliphatic carbocycles. The Labute approximate surface area is 434 Å². The predicted octanol–water partition coefficient (Wildman–Crippen LogP) is 5.59. The molecule has 2 amide bonds. The second kappa shape index (κ2) is 26.0. The van der Waals surface area contributed by atoms with E-state index in [1.165, 1.54) is 0 Å². The van der Waals surface area contributed by atoms with E-state index in [-0.39, 0.29) is 54.3 Å². The fourth-order valence-corrected chi connectivity index (χ4v) is 9.29. The molecular formula is C57H68N12O5. The van der Waals surface area contributed by atoms with Gasteiger partial charge >= 0.3 is 0 Å². The number of carbonyl (C=O) groups is 2. The van der Waals surface area contributed by atoms with Crippen LogP contribution < -0.4 is 22.1 Å². The van der Waals surface area contributed by atoms with Crippen molar-refractivity contribution in [1.29, 1.82) is 0 Å². The molecule has 3 fully saturated rings. The number of amides is 2. The summed E-state index contributed by atoms with van der Waals surface area (Å²) in [5.74, 6) is 12.5. The second-order valence-electron chi connectivity index (χ2n) is 19.2. The van der Waals surface area contributed by atoms with Crippen molar-refractivity contribution in [3.8, 4) is 45.9 Å². The summed E-state index contributed by atoms with van der Waals surface area (Å²) in [5.41, 5.74) is 20.2. The maximum atomic E-state index is 13.2. The van der Waals surface area contributed by atoms with E-state index in [1.54, 1.807) is 46.3 Å². The van der Waals surface area contributed by atoms with Crippen LogP contribution in [0.1, 0.15) is 94.3 Å². The lowest BCUT2D eigenvalue weighted by Crippen LogP contribution is -2.44. The number of aliphatic hydroxyl groups is 1. The van der Waals surface area contributed by atoms with Crippen LogP contribution in [0.4, 0.5) is 11.6 Å². The standard InChI is InChI=1S/C31H39N7O2.C26H29N5O3/c1-36-14-16-38(17-15-36)13-4-3-6-23-9-11-24(12-10-23)22-40-29-8-5-7-28(29)35-31(39)27-18-25(19-33-30(27)32)26-20-34-37(2)21-26;1-31-16-21(15-29-31)20-13-22(25(27)28-14-20)26(33)30-23-6-4-7-24(23)34-17-19-10-8-18(9-11-19)5-2-3-12-32/h9-12,18-21,28-29H,4-5,7-8,13-17,22H2,1-2H3,(H2,32,33)(H,35,39);8-11,13-16,23-24,32H,3-4,6-7,12,17H2,1H3,(H2,27,28)(H,30,33)/t28-,29-;23-,24-/m00/s1. The molecule has 74 heavy (non-hydrogen) atoms. The Morgan fingerprint density at radius 2 is 1.09 bits per heavy atom. The predicted molar refractivity (Wildman–Crippen MR) is 286 cm³/mol. The molecule has 0 unspecified atom stereocenters. The first-order valence-electron chi connectivity index (χ1n) is 25.5. The van der Waals surface area contributed by atoms with Gasteiger partial charge in [0.25, 0.3) is 11.8 Å². The Kier molecular flexibility index (Phi) is 18.6. The van der Waals surface area contributed by atoms with Crippen molar-refractivity contribution < 1.29 is 24.2 Å². The van der Waals surface area contributed by atoms with Gasteiger partial charge in [0.2, 0.25) is 0 Å². The van der Waals surface area contributed by atoms with Crippen molar-refractivity contribution in [1.82, 2.24) is 50.0 Å². The fourth-order valence-electron chi connectivity index (χ4n) is 9.29. The van der Waals surface area contributed by atoms with Crippen molar-refractivity contribution in [3.63, 3.8) is 0 Å². The van der Waals surface area contributed by atoms with E-state index in [0.29, 0.717) is 30.8 Å². The molecule has 7 N–H and O–H groups in total. The minimum absolute atomic E-state index is 0.0475. The van der Waals surface area contributed by atoms with Crippen LogP contribution in [0.25, 0.3) is 22.3 Å². The quantitative estimate of drug-likeness (QED) is 0.0795. The number of piperazine rings is 1. The van der Waals surface area contributed by atoms with E-state index >= 15 is 0 Å². The van der Waals surface area contributed by atoms with Gasteiger partial charge in [0, 0.05) is 118 Å². The van der Waals surface area contributed by atoms with Crippen LogP contribution in [0.15, 0.2) is 97.8 Å². The molecule has 0 spiro atoms. The van der Waals surface area contributed by atoms with E-state index in [2.05, 4.69) is 95.6 Å². The minimum Gasteiger partial charge on any atom is -0.395 e. The zero-order valence-corrected chi connectivity index (χ0v) is 42.7. The van der Waals surface area contributed by atoms with Crippen molar-refractivity contribution in [2.24, 2.45) is 14.1 Å². The highest BCUT2D eigenvalue weighted by atomic mass is 16.5. The molecule has 0 radical (unpaired) electrons. The number of ether oxygens (including phenoxy) is 2. The van der Waals surface area contributed by atoms with Crippen LogP contribution in [0.5, 0.6) is 0 Å². The maximum absolute atomic E-state index is 13.2. The molecule has 17 heteroatoms. The van der Waals surface area contributed by atoms with Gasteiger partial charge in [-0.25, -0.2) is 9.97 Å². The number of aryl methyl sites for hydroxylation is 2. The van der Waals surface area contributed by atoms with E-state index in [9.17, 15) is 9.59 Å². The van der Waals surface area contributed by atoms with Gasteiger partial charge in [0.15, 0.2) is 0 Å². The van der Waals surface area contributed by atoms with Crippen molar-refractivity contribution in [2.75, 3.05) is 57.8 Å². The zero-order chi connectivity index (χ0) is 51.8. The lowest BCUT2D eigenvalue weighted by atomic mass is 10.1. The number of likely N-dealkylation sites (N-methyl/N-ethyl adjacent to an activating group) is 1. The summed E-state index contributed by atoms with van der Waals surface area (Å²) in [7, 11) is 5.86. The highest BCUT2D eigenvalue weighted by Crippen LogP contribution is 2.28. The Morgan fingerprint density at radius 1 is 0.635 bits per heavy atom. The summed E-state index contributed by atoms with van der Waals surface area (Å²) in [6, 6.07) is 19.5. The number of nitrogen functional groups attached to an aromatic ring is 2. The van der Waals surface area contributed by atoms with E-state index in [1.807, 2.05) is 50.8 Å². The van der Waals surface area contributed by atoms with Gasteiger partial charge in [-0.3, -0.25) is 23.9 Å². The average molecular weight is 1000 g/mol. The van der Waals surface area contributed by atoms with Crippen LogP contribution in [0.3, 0.4) is 0 Å². The summed E-state index contributed by atoms with van der Waals surface area (Å²) < 4.78 is 15.8. The molecule has 17 nitrogen and oxygen atoms in total. The lowest BCUT2D eigenvalue weighted by molar-refractivity contribution is 0.0272. The van der Waals surface area contributed by atoms with Gasteiger partial charge in [-0.1, -0.05) is 47.9 Å². The Bertz CT molecular complexity index is 2940. The smallest absolute Gasteiger partial charge is 0.255 e. The summed E-state index contributed by atoms with van der Waals surface area (Å²) in [6.45, 7) is 6.58. The monoisotopic (exact) mass is 1000 g/mol. The van der Waals surface area contributed by atoms with Gasteiger partial charge in [-0.05, 0) is 93.1 Å². The molecule has 2 aromatic carbocycles. The molecule has 4 aromatic heterocycles. The third-order valence-corrected chi connectivity index (χ3v) is 13.6. The number of rotatable bonds is 15. The third kappa shape index (κ3) is 14.9. The van der Waals surface area contributed by atoms with Crippen molar-refractivity contribution in [3.05, 3.63) is 131 Å². The number of nitrogens with zero attached hydrogens (tertiary/aromatic N) is 8. The molecule has 386 valence electrons. The summed E-state index contributed by atoms with van der Waals surface area (Å²) in [5, 5.41) is 23.4. The molecule has 0 bridgehead atoms. The highest BCUT2D eigenvalue weighted by Gasteiger charge is 2.32. The van der Waals surface area contributed by atoms with Gasteiger partial charge in [0.1, 0.15) is 11.6 Å². The van der Waals surface area contributed by atoms with Crippen LogP contribution >= 0.6 is 0 Å². The first-order chi connectivity index (χ1) is 36.0. The van der Waals surface area contributed by atoms with Crippen LogP contribution in [0.2, 0.25) is 0 Å². The number of anilines is 2. The summed E-state index contributed by atoms with van der Waals surface area (Å²) in [4.78, 5) is 39.5. The molecule has 4 atom stereocenters. The first-order valence-corrected chi connectivity index (χ1v) is 25.5. The fraction of sp³-hybridized carbons (Fsp3) is 0.404. The summed E-state index contributed by atoms with van der Waals surface area (Å²) in [6.07, 6.45) is 17.3. The van der Waals surface area contributed by atoms with Crippen LogP contribution in [-0.4, -0.2) is 127 Å². The second-order valence-corrected chi connectivity index (χ2v) is 19.2. The topological polar surface area (TPSA) is 217 Å². The molecular weight excluding hydrogens is 933 g/mol. The largest absolute Gasteiger partial charge is 0.395 e. The molecule has 5 heterocycles. The Morgan fingerprint density at radius 3 is 1.53 bits per heavy atom. The minimum atomic E-state index is -0.248. The molecule has 9 rings (SSSR count). The molecule has 1 saturated heterocycles. The normalized spacial score (nSPS) is 18.6. The van der Waals surface area contributed by atoms with Gasteiger partial charge in [0.05, 0.1) is 67.6 Å². The number of hydrogen-bond acceptors (Lipinski definition) is 13. The van der Waals surface area contributed by atoms with Gasteiger partial charge in [-0.15, -0.1) is 0 Å². The van der Waals surface area contributed by atoms with E-state index in [4.69, 9.17) is 26.0 Å². The summed E-state index contributed by atoms with van der Waals surface area (Å²) >= 11 is 0. The maximum Gasteiger partial charge on any atom is 0.255 e. The zero-order valence-electron chi connectivity index (χ0n) is 42.7. The van der Waals surface area contributed by atoms with Crippen LogP contribution in [0, 0.1) is 23.7 Å². The number of nitrogens with two attached hydrogens (primary N) is 2. The number of aromatic nitrogens is 6. The average Bonchev–Trinajstić information content (AvgIpc) is 4.25. The molecule has 6 aromatic rings. The van der Waals surface area contributed by atoms with Crippen molar-refractivity contribution >= 4 is 23.5 Å². The Hall–Kier alpha value is -7.38. The third-order valence-electron chi connectivity index (χ3n) is 13.6. The first kappa shape index (κ1) is 52.9. The van der Waals surface area contributed by atoms with E-state index < -0.39 is 0 Å². The van der Waals surface area contributed by atoms with Gasteiger partial charge < -0.3 is 41.6 Å². The van der Waals surface area contributed by atoms with Crippen molar-refractivity contribution in [2.45, 2.75) is 88.9 Å². The number of hydrogen-bond donors (Lipinski definition) is 5. The van der Waals surface area contributed by atoms with Gasteiger partial charge in [-0.2, -0.15) is 10.2 Å². The van der Waals surface area contributed by atoms with Crippen LogP contribution in [-0.2, 0) is 36.8 Å². The Balaban J connectivity index is 0.000000200. The molecule has 2 saturated carbocycles.